The van der Waals surface area contributed by atoms with E-state index in [9.17, 15) is 9.59 Å². The Morgan fingerprint density at radius 1 is 1.35 bits per heavy atom. The van der Waals surface area contributed by atoms with Crippen molar-refractivity contribution in [1.29, 1.82) is 0 Å². The van der Waals surface area contributed by atoms with Gasteiger partial charge in [-0.15, -0.1) is 0 Å². The Balaban J connectivity index is 2.88. The van der Waals surface area contributed by atoms with E-state index in [1.165, 1.54) is 12.4 Å². The first-order valence-electron chi connectivity index (χ1n) is 5.03. The Bertz CT molecular complexity index is 435. The van der Waals surface area contributed by atoms with Gasteiger partial charge < -0.3 is 16.2 Å². The van der Waals surface area contributed by atoms with Gasteiger partial charge in [0.2, 0.25) is 0 Å². The Kier molecular flexibility index (Phi) is 3.97. The van der Waals surface area contributed by atoms with Gasteiger partial charge >= 0.3 is 5.97 Å². The molecule has 0 aliphatic heterocycles. The zero-order chi connectivity index (χ0) is 13.0. The number of carboxylic acids is 1. The van der Waals surface area contributed by atoms with Gasteiger partial charge in [0, 0.05) is 18.4 Å². The van der Waals surface area contributed by atoms with Gasteiger partial charge in [-0.25, -0.2) is 9.97 Å². The maximum atomic E-state index is 11.1. The van der Waals surface area contributed by atoms with E-state index < -0.39 is 23.8 Å². The normalized spacial score (nSPS) is 13.8. The smallest absolute Gasteiger partial charge is 0.308 e. The monoisotopic (exact) mass is 238 g/mol. The molecule has 0 spiro atoms. The molecular weight excluding hydrogens is 224 g/mol. The summed E-state index contributed by atoms with van der Waals surface area (Å²) in [5.41, 5.74) is 5.13. The topological polar surface area (TPSA) is 118 Å². The van der Waals surface area contributed by atoms with Crippen molar-refractivity contribution in [2.24, 2.45) is 11.7 Å². The number of anilines is 1. The second-order valence-corrected chi connectivity index (χ2v) is 3.68. The maximum absolute atomic E-state index is 11.1. The molecule has 0 bridgehead atoms. The first-order valence-corrected chi connectivity index (χ1v) is 5.03. The summed E-state index contributed by atoms with van der Waals surface area (Å²) >= 11 is 0. The zero-order valence-corrected chi connectivity index (χ0v) is 9.54. The summed E-state index contributed by atoms with van der Waals surface area (Å²) in [6, 6.07) is -0.401. The number of hydrogen-bond donors (Lipinski definition) is 3. The van der Waals surface area contributed by atoms with Crippen molar-refractivity contribution in [3.05, 3.63) is 18.1 Å². The molecule has 2 atom stereocenters. The molecule has 0 aliphatic rings. The molecule has 0 radical (unpaired) electrons. The third kappa shape index (κ3) is 3.13. The van der Waals surface area contributed by atoms with Crippen LogP contribution in [0.2, 0.25) is 0 Å². The molecule has 0 fully saturated rings. The minimum Gasteiger partial charge on any atom is -0.481 e. The number of nitrogens with two attached hydrogens (primary N) is 1. The summed E-state index contributed by atoms with van der Waals surface area (Å²) in [6.45, 7) is 3.23. The maximum Gasteiger partial charge on any atom is 0.308 e. The second-order valence-electron chi connectivity index (χ2n) is 3.68. The number of nitrogens with one attached hydrogen (secondary N) is 1. The van der Waals surface area contributed by atoms with Crippen LogP contribution < -0.4 is 11.1 Å². The van der Waals surface area contributed by atoms with Gasteiger partial charge in [-0.2, -0.15) is 0 Å². The van der Waals surface area contributed by atoms with Crippen molar-refractivity contribution in [3.8, 4) is 0 Å². The molecule has 0 aliphatic carbocycles. The fraction of sp³-hybridized carbons (Fsp3) is 0.400. The number of aromatic nitrogens is 2. The van der Waals surface area contributed by atoms with E-state index in [1.807, 2.05) is 0 Å². The number of carboxylic acid groups (broad SMARTS) is 1. The third-order valence-corrected chi connectivity index (χ3v) is 2.44. The van der Waals surface area contributed by atoms with Crippen LogP contribution >= 0.6 is 0 Å². The van der Waals surface area contributed by atoms with E-state index in [-0.39, 0.29) is 11.5 Å². The lowest BCUT2D eigenvalue weighted by Crippen LogP contribution is -2.31. The molecule has 0 saturated heterocycles. The lowest BCUT2D eigenvalue weighted by Gasteiger charge is -2.18. The van der Waals surface area contributed by atoms with Gasteiger partial charge in [0.25, 0.3) is 5.91 Å². The van der Waals surface area contributed by atoms with Crippen LogP contribution in [0.3, 0.4) is 0 Å². The van der Waals surface area contributed by atoms with E-state index in [1.54, 1.807) is 13.8 Å². The minimum absolute atomic E-state index is 0.00283. The van der Waals surface area contributed by atoms with Crippen molar-refractivity contribution in [3.63, 3.8) is 0 Å². The lowest BCUT2D eigenvalue weighted by molar-refractivity contribution is -0.141. The van der Waals surface area contributed by atoms with Crippen molar-refractivity contribution in [2.75, 3.05) is 5.32 Å². The van der Waals surface area contributed by atoms with Crippen molar-refractivity contribution < 1.29 is 14.7 Å². The fourth-order valence-corrected chi connectivity index (χ4v) is 1.18. The number of amides is 1. The van der Waals surface area contributed by atoms with E-state index in [4.69, 9.17) is 10.8 Å². The number of nitrogens with zero attached hydrogens (tertiary/aromatic N) is 2. The van der Waals surface area contributed by atoms with Crippen LogP contribution in [0, 0.1) is 5.92 Å². The predicted octanol–water partition coefficient (Wildman–Crippen LogP) is 0.0966. The summed E-state index contributed by atoms with van der Waals surface area (Å²) in [5.74, 6) is -2.08. The van der Waals surface area contributed by atoms with E-state index in [0.717, 1.165) is 0 Å². The third-order valence-electron chi connectivity index (χ3n) is 2.44. The number of aliphatic carboxylic acids is 1. The number of hydrogen-bond acceptors (Lipinski definition) is 5. The SMILES string of the molecule is CC(Nc1nccnc1C(N)=O)C(C)C(=O)O. The molecule has 1 aromatic rings. The molecule has 7 heteroatoms. The Morgan fingerprint density at radius 2 is 1.94 bits per heavy atom. The molecule has 1 aromatic heterocycles. The summed E-state index contributed by atoms with van der Waals surface area (Å²) in [4.78, 5) is 29.6. The first kappa shape index (κ1) is 12.9. The number of carbonyl (C=O) groups excluding carboxylic acids is 1. The summed E-state index contributed by atoms with van der Waals surface area (Å²) in [6.07, 6.45) is 2.74. The lowest BCUT2D eigenvalue weighted by atomic mass is 10.0. The molecule has 7 nitrogen and oxygen atoms in total. The predicted molar refractivity (Wildman–Crippen MR) is 60.4 cm³/mol. The van der Waals surface area contributed by atoms with Gasteiger partial charge in [-0.1, -0.05) is 0 Å². The van der Waals surface area contributed by atoms with E-state index in [2.05, 4.69) is 15.3 Å². The average Bonchev–Trinajstić information content (AvgIpc) is 2.28. The summed E-state index contributed by atoms with van der Waals surface area (Å²) in [5, 5.41) is 11.7. The van der Waals surface area contributed by atoms with Crippen LogP contribution in [-0.2, 0) is 4.79 Å². The average molecular weight is 238 g/mol. The quantitative estimate of drug-likeness (QED) is 0.669. The molecule has 4 N–H and O–H groups in total. The van der Waals surface area contributed by atoms with Crippen LogP contribution in [0.1, 0.15) is 24.3 Å². The summed E-state index contributed by atoms with van der Waals surface area (Å²) in [7, 11) is 0. The van der Waals surface area contributed by atoms with Crippen molar-refractivity contribution >= 4 is 17.7 Å². The second kappa shape index (κ2) is 5.24. The van der Waals surface area contributed by atoms with Gasteiger partial charge in [0.15, 0.2) is 11.5 Å². The van der Waals surface area contributed by atoms with Crippen LogP contribution in [-0.4, -0.2) is 33.0 Å². The Hall–Kier alpha value is -2.18. The molecule has 1 amide bonds. The minimum atomic E-state index is -0.936. The Labute approximate surface area is 98.1 Å². The highest BCUT2D eigenvalue weighted by Crippen LogP contribution is 2.13. The molecule has 2 unspecified atom stereocenters. The highest BCUT2D eigenvalue weighted by molar-refractivity contribution is 5.95. The van der Waals surface area contributed by atoms with Crippen LogP contribution in [0.25, 0.3) is 0 Å². The molecule has 1 rings (SSSR count). The van der Waals surface area contributed by atoms with Gasteiger partial charge in [0.05, 0.1) is 5.92 Å². The number of primary amides is 1. The molecule has 0 aromatic carbocycles. The van der Waals surface area contributed by atoms with Gasteiger partial charge in [-0.05, 0) is 13.8 Å². The first-order chi connectivity index (χ1) is 7.93. The van der Waals surface area contributed by atoms with Crippen LogP contribution in [0.15, 0.2) is 12.4 Å². The molecule has 0 saturated carbocycles. The molecular formula is C10H14N4O3. The largest absolute Gasteiger partial charge is 0.481 e. The van der Waals surface area contributed by atoms with Gasteiger partial charge in [0.1, 0.15) is 0 Å². The van der Waals surface area contributed by atoms with Crippen molar-refractivity contribution in [1.82, 2.24) is 9.97 Å². The zero-order valence-electron chi connectivity index (χ0n) is 9.54. The van der Waals surface area contributed by atoms with Crippen LogP contribution in [0.5, 0.6) is 0 Å². The highest BCUT2D eigenvalue weighted by Gasteiger charge is 2.21. The van der Waals surface area contributed by atoms with Crippen LogP contribution in [0.4, 0.5) is 5.82 Å². The highest BCUT2D eigenvalue weighted by atomic mass is 16.4. The molecule has 1 heterocycles. The van der Waals surface area contributed by atoms with E-state index >= 15 is 0 Å². The molecule has 92 valence electrons. The van der Waals surface area contributed by atoms with Gasteiger partial charge in [-0.3, -0.25) is 9.59 Å². The number of carbonyl (C=O) groups is 2. The molecule has 17 heavy (non-hydrogen) atoms. The standard InChI is InChI=1S/C10H14N4O3/c1-5(10(16)17)6(2)14-9-7(8(11)15)12-3-4-13-9/h3-6H,1-2H3,(H2,11,15)(H,13,14)(H,16,17). The van der Waals surface area contributed by atoms with E-state index in [0.29, 0.717) is 0 Å². The summed E-state index contributed by atoms with van der Waals surface area (Å²) < 4.78 is 0. The Morgan fingerprint density at radius 3 is 2.47 bits per heavy atom. The fourth-order valence-electron chi connectivity index (χ4n) is 1.18. The van der Waals surface area contributed by atoms with Crippen molar-refractivity contribution in [2.45, 2.75) is 19.9 Å². The number of rotatable bonds is 5.